The van der Waals surface area contributed by atoms with Gasteiger partial charge in [0, 0.05) is 19.8 Å². The number of thiazole rings is 1. The molecule has 18 heavy (non-hydrogen) atoms. The van der Waals surface area contributed by atoms with Crippen molar-refractivity contribution in [3.05, 3.63) is 24.3 Å². The van der Waals surface area contributed by atoms with Crippen molar-refractivity contribution in [3.63, 3.8) is 0 Å². The van der Waals surface area contributed by atoms with Crippen LogP contribution in [0.4, 0.5) is 5.13 Å². The van der Waals surface area contributed by atoms with Gasteiger partial charge in [0.25, 0.3) is 0 Å². The molecule has 0 bridgehead atoms. The number of benzene rings is 1. The number of anilines is 1. The van der Waals surface area contributed by atoms with Crippen LogP contribution in [0.3, 0.4) is 0 Å². The molecule has 1 aliphatic carbocycles. The maximum absolute atomic E-state index is 5.60. The summed E-state index contributed by atoms with van der Waals surface area (Å²) in [6.07, 6.45) is 3.77. The van der Waals surface area contributed by atoms with Gasteiger partial charge >= 0.3 is 0 Å². The molecule has 1 aromatic carbocycles. The van der Waals surface area contributed by atoms with Crippen LogP contribution in [0.2, 0.25) is 0 Å². The number of fused-ring (bicyclic) bond motifs is 1. The van der Waals surface area contributed by atoms with Gasteiger partial charge in [0.2, 0.25) is 0 Å². The van der Waals surface area contributed by atoms with Crippen LogP contribution in [0.1, 0.15) is 19.3 Å². The van der Waals surface area contributed by atoms with Crippen LogP contribution in [0.25, 0.3) is 10.2 Å². The molecule has 1 aromatic heterocycles. The Hall–Kier alpha value is -1.13. The third-order valence-corrected chi connectivity index (χ3v) is 4.08. The fourth-order valence-corrected chi connectivity index (χ4v) is 2.74. The van der Waals surface area contributed by atoms with E-state index in [1.165, 1.54) is 17.5 Å². The van der Waals surface area contributed by atoms with E-state index in [9.17, 15) is 0 Å². The van der Waals surface area contributed by atoms with E-state index in [1.54, 1.807) is 11.3 Å². The van der Waals surface area contributed by atoms with E-state index in [4.69, 9.17) is 4.74 Å². The number of nitrogens with zero attached hydrogens (tertiary/aromatic N) is 1. The number of para-hydroxylation sites is 1. The van der Waals surface area contributed by atoms with Crippen molar-refractivity contribution >= 4 is 26.7 Å². The number of rotatable bonds is 7. The van der Waals surface area contributed by atoms with Gasteiger partial charge in [-0.15, -0.1) is 0 Å². The molecular formula is C14H18N2OS. The zero-order valence-electron chi connectivity index (χ0n) is 10.4. The summed E-state index contributed by atoms with van der Waals surface area (Å²) in [6, 6.07) is 8.24. The normalized spacial score (nSPS) is 15.1. The zero-order chi connectivity index (χ0) is 12.2. The molecule has 3 nitrogen and oxygen atoms in total. The second kappa shape index (κ2) is 5.67. The summed E-state index contributed by atoms with van der Waals surface area (Å²) in [5, 5.41) is 4.38. The monoisotopic (exact) mass is 262 g/mol. The molecule has 1 fully saturated rings. The minimum Gasteiger partial charge on any atom is -0.381 e. The third kappa shape index (κ3) is 3.21. The van der Waals surface area contributed by atoms with Crippen LogP contribution in [-0.4, -0.2) is 24.7 Å². The molecule has 1 heterocycles. The number of ether oxygens (including phenoxy) is 1. The first kappa shape index (κ1) is 11.9. The molecule has 3 rings (SSSR count). The van der Waals surface area contributed by atoms with Gasteiger partial charge in [0.1, 0.15) is 0 Å². The molecule has 0 atom stereocenters. The second-order valence-corrected chi connectivity index (χ2v) is 5.82. The lowest BCUT2D eigenvalue weighted by molar-refractivity contribution is 0.124. The Labute approximate surface area is 111 Å². The first-order valence-electron chi connectivity index (χ1n) is 6.59. The lowest BCUT2D eigenvalue weighted by Gasteiger charge is -2.03. The van der Waals surface area contributed by atoms with E-state index in [0.717, 1.165) is 42.7 Å². The van der Waals surface area contributed by atoms with Crippen molar-refractivity contribution in [3.8, 4) is 0 Å². The van der Waals surface area contributed by atoms with Crippen molar-refractivity contribution in [1.82, 2.24) is 4.98 Å². The Balaban J connectivity index is 1.39. The maximum atomic E-state index is 5.60. The molecule has 1 N–H and O–H groups in total. The van der Waals surface area contributed by atoms with Crippen molar-refractivity contribution in [2.75, 3.05) is 25.1 Å². The van der Waals surface area contributed by atoms with Gasteiger partial charge in [0.15, 0.2) is 5.13 Å². The standard InChI is InChI=1S/C14H18N2OS/c1-2-5-13-12(4-1)16-14(18-13)15-8-3-9-17-10-11-6-7-11/h1-2,4-5,11H,3,6-10H2,(H,15,16). The Morgan fingerprint density at radius 1 is 1.33 bits per heavy atom. The van der Waals surface area contributed by atoms with E-state index in [2.05, 4.69) is 28.5 Å². The van der Waals surface area contributed by atoms with Gasteiger partial charge in [-0.3, -0.25) is 0 Å². The minimum absolute atomic E-state index is 0.856. The molecule has 96 valence electrons. The smallest absolute Gasteiger partial charge is 0.183 e. The summed E-state index contributed by atoms with van der Waals surface area (Å²) in [7, 11) is 0. The maximum Gasteiger partial charge on any atom is 0.183 e. The molecule has 0 radical (unpaired) electrons. The van der Waals surface area contributed by atoms with Crippen LogP contribution in [0, 0.1) is 5.92 Å². The highest BCUT2D eigenvalue weighted by molar-refractivity contribution is 7.22. The number of hydrogen-bond donors (Lipinski definition) is 1. The Morgan fingerprint density at radius 3 is 3.06 bits per heavy atom. The van der Waals surface area contributed by atoms with Gasteiger partial charge in [-0.05, 0) is 37.3 Å². The van der Waals surface area contributed by atoms with E-state index >= 15 is 0 Å². The molecule has 1 saturated carbocycles. The van der Waals surface area contributed by atoms with Crippen molar-refractivity contribution in [2.24, 2.45) is 5.92 Å². The average molecular weight is 262 g/mol. The molecule has 1 aliphatic rings. The summed E-state index contributed by atoms with van der Waals surface area (Å²) in [5.74, 6) is 0.863. The van der Waals surface area contributed by atoms with Gasteiger partial charge in [-0.2, -0.15) is 0 Å². The summed E-state index contributed by atoms with van der Waals surface area (Å²) >= 11 is 1.71. The number of nitrogens with one attached hydrogen (secondary N) is 1. The van der Waals surface area contributed by atoms with Gasteiger partial charge in [-0.25, -0.2) is 4.98 Å². The highest BCUT2D eigenvalue weighted by Gasteiger charge is 2.20. The van der Waals surface area contributed by atoms with Gasteiger partial charge < -0.3 is 10.1 Å². The van der Waals surface area contributed by atoms with Gasteiger partial charge in [-0.1, -0.05) is 23.5 Å². The Morgan fingerprint density at radius 2 is 2.22 bits per heavy atom. The molecule has 0 unspecified atom stereocenters. The topological polar surface area (TPSA) is 34.1 Å². The molecule has 0 saturated heterocycles. The van der Waals surface area contributed by atoms with E-state index < -0.39 is 0 Å². The van der Waals surface area contributed by atoms with Gasteiger partial charge in [0.05, 0.1) is 10.2 Å². The lowest BCUT2D eigenvalue weighted by Crippen LogP contribution is -2.06. The highest BCUT2D eigenvalue weighted by atomic mass is 32.1. The molecule has 2 aromatic rings. The predicted molar refractivity (Wildman–Crippen MR) is 76.3 cm³/mol. The van der Waals surface area contributed by atoms with Crippen molar-refractivity contribution < 1.29 is 4.74 Å². The van der Waals surface area contributed by atoms with E-state index in [1.807, 2.05) is 6.07 Å². The van der Waals surface area contributed by atoms with Crippen LogP contribution in [-0.2, 0) is 4.74 Å². The van der Waals surface area contributed by atoms with E-state index in [-0.39, 0.29) is 0 Å². The molecule has 0 amide bonds. The van der Waals surface area contributed by atoms with Crippen LogP contribution in [0.5, 0.6) is 0 Å². The number of hydrogen-bond acceptors (Lipinski definition) is 4. The second-order valence-electron chi connectivity index (χ2n) is 4.79. The summed E-state index contributed by atoms with van der Waals surface area (Å²) in [6.45, 7) is 2.75. The van der Waals surface area contributed by atoms with E-state index in [0.29, 0.717) is 0 Å². The molecule has 0 aliphatic heterocycles. The first-order chi connectivity index (χ1) is 8.92. The quantitative estimate of drug-likeness (QED) is 0.775. The fraction of sp³-hybridized carbons (Fsp3) is 0.500. The SMILES string of the molecule is c1ccc2sc(NCCCOCC3CC3)nc2c1. The largest absolute Gasteiger partial charge is 0.381 e. The third-order valence-electron chi connectivity index (χ3n) is 3.09. The van der Waals surface area contributed by atoms with Crippen molar-refractivity contribution in [1.29, 1.82) is 0 Å². The number of aromatic nitrogens is 1. The summed E-state index contributed by atoms with van der Waals surface area (Å²) < 4.78 is 6.84. The predicted octanol–water partition coefficient (Wildman–Crippen LogP) is 3.52. The molecule has 4 heteroatoms. The summed E-state index contributed by atoms with van der Waals surface area (Å²) in [5.41, 5.74) is 1.08. The minimum atomic E-state index is 0.856. The Bertz CT molecular complexity index is 474. The van der Waals surface area contributed by atoms with Crippen LogP contribution >= 0.6 is 11.3 Å². The van der Waals surface area contributed by atoms with Crippen molar-refractivity contribution in [2.45, 2.75) is 19.3 Å². The fourth-order valence-electron chi connectivity index (χ4n) is 1.85. The molecular weight excluding hydrogens is 244 g/mol. The summed E-state index contributed by atoms with van der Waals surface area (Å²) in [4.78, 5) is 4.54. The molecule has 0 spiro atoms. The van der Waals surface area contributed by atoms with Crippen LogP contribution < -0.4 is 5.32 Å². The average Bonchev–Trinajstić information content (AvgIpc) is 3.11. The first-order valence-corrected chi connectivity index (χ1v) is 7.40. The lowest BCUT2D eigenvalue weighted by atomic mass is 10.3. The van der Waals surface area contributed by atoms with Crippen LogP contribution in [0.15, 0.2) is 24.3 Å². The zero-order valence-corrected chi connectivity index (χ0v) is 11.2. The highest BCUT2D eigenvalue weighted by Crippen LogP contribution is 2.28. The Kier molecular flexibility index (Phi) is 3.76.